The minimum atomic E-state index is 0.0979. The number of ether oxygens (including phenoxy) is 1. The highest BCUT2D eigenvalue weighted by Crippen LogP contribution is 2.36. The first kappa shape index (κ1) is 11.4. The van der Waals surface area contributed by atoms with Crippen LogP contribution in [0.2, 0.25) is 0 Å². The maximum Gasteiger partial charge on any atom is 0.0593 e. The molecule has 0 spiro atoms. The fourth-order valence-electron chi connectivity index (χ4n) is 3.12. The van der Waals surface area contributed by atoms with Crippen LogP contribution in [0.25, 0.3) is 0 Å². The summed E-state index contributed by atoms with van der Waals surface area (Å²) in [7, 11) is 0. The Morgan fingerprint density at radius 1 is 1.27 bits per heavy atom. The van der Waals surface area contributed by atoms with Crippen molar-refractivity contribution in [1.29, 1.82) is 0 Å². The Bertz CT molecular complexity index is 191. The highest BCUT2D eigenvalue weighted by Gasteiger charge is 2.34. The largest absolute Gasteiger partial charge is 0.378 e. The van der Waals surface area contributed by atoms with Crippen molar-refractivity contribution in [3.63, 3.8) is 0 Å². The van der Waals surface area contributed by atoms with Crippen molar-refractivity contribution in [2.75, 3.05) is 6.61 Å². The van der Waals surface area contributed by atoms with Crippen LogP contribution in [0.3, 0.4) is 0 Å². The number of hydrogen-bond acceptors (Lipinski definition) is 2. The Morgan fingerprint density at radius 2 is 2.00 bits per heavy atom. The summed E-state index contributed by atoms with van der Waals surface area (Å²) in [6, 6.07) is 0. The first-order valence-corrected chi connectivity index (χ1v) is 6.62. The molecule has 2 heteroatoms. The van der Waals surface area contributed by atoms with Crippen LogP contribution in [0.4, 0.5) is 0 Å². The molecule has 15 heavy (non-hydrogen) atoms. The highest BCUT2D eigenvalue weighted by molar-refractivity contribution is 4.92. The fourth-order valence-corrected chi connectivity index (χ4v) is 3.12. The van der Waals surface area contributed by atoms with E-state index in [-0.39, 0.29) is 5.54 Å². The third kappa shape index (κ3) is 2.94. The van der Waals surface area contributed by atoms with E-state index in [0.29, 0.717) is 6.10 Å². The van der Waals surface area contributed by atoms with E-state index in [1.807, 2.05) is 0 Å². The molecule has 1 heterocycles. The topological polar surface area (TPSA) is 35.2 Å². The lowest BCUT2D eigenvalue weighted by Crippen LogP contribution is -2.45. The van der Waals surface area contributed by atoms with E-state index in [4.69, 9.17) is 10.5 Å². The SMILES string of the molecule is CCC1CCC(N)(CC2CCCO2)CC1. The molecule has 2 nitrogen and oxygen atoms in total. The highest BCUT2D eigenvalue weighted by atomic mass is 16.5. The Morgan fingerprint density at radius 3 is 2.53 bits per heavy atom. The summed E-state index contributed by atoms with van der Waals surface area (Å²) in [4.78, 5) is 0. The van der Waals surface area contributed by atoms with Gasteiger partial charge < -0.3 is 10.5 Å². The van der Waals surface area contributed by atoms with Gasteiger partial charge in [-0.05, 0) is 50.9 Å². The van der Waals surface area contributed by atoms with E-state index in [9.17, 15) is 0 Å². The average molecular weight is 211 g/mol. The zero-order valence-corrected chi connectivity index (χ0v) is 10.0. The Hall–Kier alpha value is -0.0800. The van der Waals surface area contributed by atoms with Crippen molar-refractivity contribution in [3.05, 3.63) is 0 Å². The van der Waals surface area contributed by atoms with Gasteiger partial charge in [-0.25, -0.2) is 0 Å². The number of hydrogen-bond donors (Lipinski definition) is 1. The van der Waals surface area contributed by atoms with E-state index in [2.05, 4.69) is 6.92 Å². The van der Waals surface area contributed by atoms with Gasteiger partial charge in [-0.2, -0.15) is 0 Å². The maximum absolute atomic E-state index is 6.48. The van der Waals surface area contributed by atoms with Crippen molar-refractivity contribution in [2.45, 2.75) is 69.9 Å². The lowest BCUT2D eigenvalue weighted by molar-refractivity contribution is 0.0690. The molecule has 88 valence electrons. The van der Waals surface area contributed by atoms with Crippen LogP contribution in [-0.4, -0.2) is 18.2 Å². The summed E-state index contributed by atoms with van der Waals surface area (Å²) in [6.07, 6.45) is 10.5. The van der Waals surface area contributed by atoms with Gasteiger partial charge >= 0.3 is 0 Å². The molecule has 0 aromatic rings. The minimum absolute atomic E-state index is 0.0979. The molecular formula is C13H25NO. The normalized spacial score (nSPS) is 42.0. The van der Waals surface area contributed by atoms with Gasteiger partial charge in [0.05, 0.1) is 6.10 Å². The van der Waals surface area contributed by atoms with Crippen molar-refractivity contribution >= 4 is 0 Å². The Kier molecular flexibility index (Phi) is 3.68. The molecule has 0 aromatic carbocycles. The van der Waals surface area contributed by atoms with Crippen molar-refractivity contribution in [3.8, 4) is 0 Å². The predicted molar refractivity (Wildman–Crippen MR) is 62.8 cm³/mol. The zero-order valence-electron chi connectivity index (χ0n) is 10.0. The third-order valence-corrected chi connectivity index (χ3v) is 4.34. The second-order valence-corrected chi connectivity index (χ2v) is 5.55. The van der Waals surface area contributed by atoms with Crippen LogP contribution in [-0.2, 0) is 4.74 Å². The summed E-state index contributed by atoms with van der Waals surface area (Å²) >= 11 is 0. The first-order valence-electron chi connectivity index (χ1n) is 6.62. The van der Waals surface area contributed by atoms with Gasteiger partial charge in [0.2, 0.25) is 0 Å². The summed E-state index contributed by atoms with van der Waals surface area (Å²) in [5.74, 6) is 0.936. The van der Waals surface area contributed by atoms with E-state index in [1.165, 1.54) is 44.9 Å². The summed E-state index contributed by atoms with van der Waals surface area (Å²) in [5, 5.41) is 0. The standard InChI is InChI=1S/C13H25NO/c1-2-11-5-7-13(14,8-6-11)10-12-4-3-9-15-12/h11-12H,2-10,14H2,1H3. The van der Waals surface area contributed by atoms with E-state index >= 15 is 0 Å². The van der Waals surface area contributed by atoms with Gasteiger partial charge in [0.15, 0.2) is 0 Å². The summed E-state index contributed by atoms with van der Waals surface area (Å²) in [6.45, 7) is 3.26. The molecule has 0 bridgehead atoms. The Balaban J connectivity index is 1.80. The summed E-state index contributed by atoms with van der Waals surface area (Å²) in [5.41, 5.74) is 6.57. The van der Waals surface area contributed by atoms with Gasteiger partial charge in [-0.15, -0.1) is 0 Å². The lowest BCUT2D eigenvalue weighted by atomic mass is 9.73. The zero-order chi connectivity index (χ0) is 10.7. The molecule has 1 aliphatic heterocycles. The van der Waals surface area contributed by atoms with Crippen LogP contribution < -0.4 is 5.73 Å². The second kappa shape index (κ2) is 4.84. The van der Waals surface area contributed by atoms with Crippen LogP contribution in [0.15, 0.2) is 0 Å². The molecule has 1 saturated carbocycles. The van der Waals surface area contributed by atoms with Crippen molar-refractivity contribution in [2.24, 2.45) is 11.7 Å². The molecular weight excluding hydrogens is 186 g/mol. The van der Waals surface area contributed by atoms with Gasteiger partial charge in [0.25, 0.3) is 0 Å². The van der Waals surface area contributed by atoms with E-state index in [1.54, 1.807) is 0 Å². The molecule has 1 unspecified atom stereocenters. The van der Waals surface area contributed by atoms with Crippen molar-refractivity contribution in [1.82, 2.24) is 0 Å². The second-order valence-electron chi connectivity index (χ2n) is 5.55. The minimum Gasteiger partial charge on any atom is -0.378 e. The molecule has 2 rings (SSSR count). The summed E-state index contributed by atoms with van der Waals surface area (Å²) < 4.78 is 5.69. The van der Waals surface area contributed by atoms with Gasteiger partial charge in [-0.1, -0.05) is 13.3 Å². The molecule has 1 atom stereocenters. The molecule has 0 amide bonds. The first-order chi connectivity index (χ1) is 7.22. The molecule has 1 saturated heterocycles. The molecule has 0 aromatic heterocycles. The molecule has 2 N–H and O–H groups in total. The van der Waals surface area contributed by atoms with Gasteiger partial charge in [-0.3, -0.25) is 0 Å². The lowest BCUT2D eigenvalue weighted by Gasteiger charge is -2.38. The van der Waals surface area contributed by atoms with Gasteiger partial charge in [0.1, 0.15) is 0 Å². The fraction of sp³-hybridized carbons (Fsp3) is 1.00. The average Bonchev–Trinajstić information content (AvgIpc) is 2.71. The van der Waals surface area contributed by atoms with Crippen molar-refractivity contribution < 1.29 is 4.74 Å². The number of rotatable bonds is 3. The maximum atomic E-state index is 6.48. The Labute approximate surface area is 93.6 Å². The van der Waals surface area contributed by atoms with Gasteiger partial charge in [0, 0.05) is 12.1 Å². The molecule has 2 aliphatic rings. The quantitative estimate of drug-likeness (QED) is 0.779. The van der Waals surface area contributed by atoms with E-state index < -0.39 is 0 Å². The van der Waals surface area contributed by atoms with Crippen LogP contribution >= 0.6 is 0 Å². The molecule has 2 fully saturated rings. The van der Waals surface area contributed by atoms with Crippen LogP contribution in [0, 0.1) is 5.92 Å². The van der Waals surface area contributed by atoms with E-state index in [0.717, 1.165) is 18.9 Å². The molecule has 0 radical (unpaired) electrons. The van der Waals surface area contributed by atoms with Crippen LogP contribution in [0.5, 0.6) is 0 Å². The monoisotopic (exact) mass is 211 g/mol. The van der Waals surface area contributed by atoms with Crippen LogP contribution in [0.1, 0.15) is 58.3 Å². The number of nitrogens with two attached hydrogens (primary N) is 1. The molecule has 1 aliphatic carbocycles. The smallest absolute Gasteiger partial charge is 0.0593 e. The third-order valence-electron chi connectivity index (χ3n) is 4.34. The predicted octanol–water partition coefficient (Wildman–Crippen LogP) is 2.85.